The maximum atomic E-state index is 5.60. The van der Waals surface area contributed by atoms with Gasteiger partial charge in [0.15, 0.2) is 8.32 Å². The number of fused-ring (bicyclic) bond motifs is 1. The average molecular weight is 285 g/mol. The fourth-order valence-electron chi connectivity index (χ4n) is 3.37. The molecule has 0 radical (unpaired) electrons. The minimum atomic E-state index is -1.29. The molecule has 2 nitrogen and oxygen atoms in total. The van der Waals surface area contributed by atoms with Gasteiger partial charge in [0.1, 0.15) is 0 Å². The van der Waals surface area contributed by atoms with Crippen LogP contribution in [0.4, 0.5) is 0 Å². The molecule has 3 atom stereocenters. The molecular weight excluding hydrogens is 252 g/mol. The van der Waals surface area contributed by atoms with Gasteiger partial charge in [0, 0.05) is 7.11 Å². The summed E-state index contributed by atoms with van der Waals surface area (Å²) in [5, 5.41) is 0. The molecular formula is C16H32O2Si. The first-order valence-electron chi connectivity index (χ1n) is 8.31. The van der Waals surface area contributed by atoms with Crippen molar-refractivity contribution in [3.63, 3.8) is 0 Å². The van der Waals surface area contributed by atoms with E-state index in [-0.39, 0.29) is 0 Å². The van der Waals surface area contributed by atoms with Crippen LogP contribution >= 0.6 is 0 Å². The number of ether oxygens (including phenoxy) is 1. The third-order valence-electron chi connectivity index (χ3n) is 5.06. The summed E-state index contributed by atoms with van der Waals surface area (Å²) >= 11 is 0. The first-order valence-corrected chi connectivity index (χ1v) is 11.4. The van der Waals surface area contributed by atoms with E-state index in [1.807, 2.05) is 7.11 Å². The van der Waals surface area contributed by atoms with Gasteiger partial charge in [-0.2, -0.15) is 0 Å². The summed E-state index contributed by atoms with van der Waals surface area (Å²) < 4.78 is 11.2. The Balaban J connectivity index is 1.40. The molecule has 0 bridgehead atoms. The van der Waals surface area contributed by atoms with E-state index in [1.54, 1.807) is 0 Å². The third-order valence-corrected chi connectivity index (χ3v) is 7.72. The Kier molecular flexibility index (Phi) is 5.91. The molecule has 2 fully saturated rings. The molecule has 2 rings (SSSR count). The largest absolute Gasteiger partial charge is 0.420 e. The lowest BCUT2D eigenvalue weighted by Gasteiger charge is -2.20. The Bertz CT molecular complexity index is 267. The third kappa shape index (κ3) is 5.56. The highest BCUT2D eigenvalue weighted by atomic mass is 28.4. The lowest BCUT2D eigenvalue weighted by molar-refractivity contribution is 0.343. The lowest BCUT2D eigenvalue weighted by atomic mass is 9.85. The molecule has 0 N–H and O–H groups in total. The summed E-state index contributed by atoms with van der Waals surface area (Å²) in [6.07, 6.45) is 14.0. The molecule has 3 heteroatoms. The van der Waals surface area contributed by atoms with Crippen LogP contribution in [0.2, 0.25) is 19.1 Å². The van der Waals surface area contributed by atoms with Crippen LogP contribution in [0, 0.1) is 5.92 Å². The average Bonchev–Trinajstić information content (AvgIpc) is 3.16. The van der Waals surface area contributed by atoms with Gasteiger partial charge in [0.05, 0.1) is 12.2 Å². The molecule has 112 valence electrons. The predicted molar refractivity (Wildman–Crippen MR) is 83.0 cm³/mol. The second-order valence-electron chi connectivity index (χ2n) is 7.16. The second-order valence-corrected chi connectivity index (χ2v) is 11.6. The van der Waals surface area contributed by atoms with Crippen LogP contribution < -0.4 is 0 Å². The van der Waals surface area contributed by atoms with Crippen molar-refractivity contribution in [2.45, 2.75) is 89.1 Å². The number of epoxide rings is 1. The van der Waals surface area contributed by atoms with Crippen molar-refractivity contribution in [2.24, 2.45) is 5.92 Å². The molecule has 19 heavy (non-hydrogen) atoms. The van der Waals surface area contributed by atoms with E-state index in [0.717, 1.165) is 5.92 Å². The van der Waals surface area contributed by atoms with E-state index < -0.39 is 8.32 Å². The van der Waals surface area contributed by atoms with Crippen LogP contribution in [0.25, 0.3) is 0 Å². The normalized spacial score (nSPS) is 30.2. The smallest absolute Gasteiger partial charge is 0.186 e. The highest BCUT2D eigenvalue weighted by molar-refractivity contribution is 6.71. The first kappa shape index (κ1) is 15.5. The van der Waals surface area contributed by atoms with Crippen molar-refractivity contribution in [3.05, 3.63) is 0 Å². The molecule has 0 amide bonds. The van der Waals surface area contributed by atoms with Crippen molar-refractivity contribution >= 4 is 8.32 Å². The molecule has 1 aliphatic heterocycles. The monoisotopic (exact) mass is 284 g/mol. The van der Waals surface area contributed by atoms with Gasteiger partial charge in [-0.3, -0.25) is 0 Å². The molecule has 1 saturated carbocycles. The van der Waals surface area contributed by atoms with E-state index in [0.29, 0.717) is 12.2 Å². The van der Waals surface area contributed by atoms with Gasteiger partial charge in [-0.05, 0) is 44.3 Å². The zero-order valence-electron chi connectivity index (χ0n) is 13.1. The standard InChI is InChI=1S/C16H32O2Si/c1-17-19(2,3)12-8-6-4-5-7-9-14-10-11-15-16(13-14)18-15/h14-16H,4-13H2,1-3H3. The Morgan fingerprint density at radius 1 is 1.00 bits per heavy atom. The van der Waals surface area contributed by atoms with Crippen LogP contribution in [0.3, 0.4) is 0 Å². The van der Waals surface area contributed by atoms with Crippen molar-refractivity contribution in [2.75, 3.05) is 7.11 Å². The zero-order valence-corrected chi connectivity index (χ0v) is 14.1. The predicted octanol–water partition coefficient (Wildman–Crippen LogP) is 4.75. The van der Waals surface area contributed by atoms with E-state index in [2.05, 4.69) is 13.1 Å². The van der Waals surface area contributed by atoms with Gasteiger partial charge in [-0.25, -0.2) is 0 Å². The summed E-state index contributed by atoms with van der Waals surface area (Å²) in [5.41, 5.74) is 0. The number of hydrogen-bond acceptors (Lipinski definition) is 2. The fourth-order valence-corrected chi connectivity index (χ4v) is 4.67. The highest BCUT2D eigenvalue weighted by Gasteiger charge is 2.43. The van der Waals surface area contributed by atoms with E-state index >= 15 is 0 Å². The van der Waals surface area contributed by atoms with Crippen LogP contribution in [0.1, 0.15) is 57.8 Å². The van der Waals surface area contributed by atoms with Gasteiger partial charge in [0.2, 0.25) is 0 Å². The molecule has 1 heterocycles. The van der Waals surface area contributed by atoms with Crippen molar-refractivity contribution in [1.29, 1.82) is 0 Å². The van der Waals surface area contributed by atoms with Gasteiger partial charge in [0.25, 0.3) is 0 Å². The summed E-state index contributed by atoms with van der Waals surface area (Å²) in [5.74, 6) is 0.976. The van der Waals surface area contributed by atoms with E-state index in [9.17, 15) is 0 Å². The Morgan fingerprint density at radius 3 is 2.47 bits per heavy atom. The quantitative estimate of drug-likeness (QED) is 0.346. The highest BCUT2D eigenvalue weighted by Crippen LogP contribution is 2.41. The maximum absolute atomic E-state index is 5.60. The minimum absolute atomic E-state index is 0.667. The van der Waals surface area contributed by atoms with Gasteiger partial charge in [-0.1, -0.05) is 38.5 Å². The summed E-state index contributed by atoms with van der Waals surface area (Å²) in [4.78, 5) is 0. The minimum Gasteiger partial charge on any atom is -0.420 e. The number of hydrogen-bond donors (Lipinski definition) is 0. The van der Waals surface area contributed by atoms with Crippen molar-refractivity contribution in [3.8, 4) is 0 Å². The van der Waals surface area contributed by atoms with Crippen LogP contribution in [0.5, 0.6) is 0 Å². The van der Waals surface area contributed by atoms with Crippen LogP contribution in [0.15, 0.2) is 0 Å². The maximum Gasteiger partial charge on any atom is 0.186 e. The molecule has 0 aromatic carbocycles. The molecule has 3 unspecified atom stereocenters. The van der Waals surface area contributed by atoms with E-state index in [4.69, 9.17) is 9.16 Å². The molecule has 2 aliphatic rings. The Labute approximate surface area is 120 Å². The molecule has 1 aliphatic carbocycles. The van der Waals surface area contributed by atoms with Gasteiger partial charge in [-0.15, -0.1) is 0 Å². The van der Waals surface area contributed by atoms with Gasteiger partial charge < -0.3 is 9.16 Å². The fraction of sp³-hybridized carbons (Fsp3) is 1.00. The molecule has 1 saturated heterocycles. The Hall–Kier alpha value is 0.137. The number of unbranched alkanes of at least 4 members (excludes halogenated alkanes) is 4. The molecule has 0 spiro atoms. The van der Waals surface area contributed by atoms with Crippen LogP contribution in [-0.4, -0.2) is 27.6 Å². The van der Waals surface area contributed by atoms with Gasteiger partial charge >= 0.3 is 0 Å². The zero-order chi connectivity index (χ0) is 13.7. The Morgan fingerprint density at radius 2 is 1.74 bits per heavy atom. The number of rotatable bonds is 9. The summed E-state index contributed by atoms with van der Waals surface area (Å²) in [7, 11) is 0.590. The summed E-state index contributed by atoms with van der Waals surface area (Å²) in [6.45, 7) is 4.65. The topological polar surface area (TPSA) is 21.8 Å². The SMILES string of the molecule is CO[Si](C)(C)CCCCCCCC1CCC2OC2C1. The lowest BCUT2D eigenvalue weighted by Crippen LogP contribution is -2.27. The molecule has 0 aromatic rings. The van der Waals surface area contributed by atoms with E-state index in [1.165, 1.54) is 63.8 Å². The molecule has 0 aromatic heterocycles. The van der Waals surface area contributed by atoms with Crippen molar-refractivity contribution < 1.29 is 9.16 Å². The van der Waals surface area contributed by atoms with Crippen LogP contribution in [-0.2, 0) is 9.16 Å². The second kappa shape index (κ2) is 7.23. The summed E-state index contributed by atoms with van der Waals surface area (Å²) in [6, 6.07) is 1.33. The first-order chi connectivity index (χ1) is 9.11. The van der Waals surface area contributed by atoms with Crippen molar-refractivity contribution in [1.82, 2.24) is 0 Å².